The summed E-state index contributed by atoms with van der Waals surface area (Å²) in [5, 5.41) is 8.22. The highest BCUT2D eigenvalue weighted by atomic mass is 35.5. The molecule has 1 N–H and O–H groups in total. The van der Waals surface area contributed by atoms with E-state index in [4.69, 9.17) is 11.6 Å². The van der Waals surface area contributed by atoms with Gasteiger partial charge in [-0.1, -0.05) is 24.6 Å². The predicted octanol–water partition coefficient (Wildman–Crippen LogP) is 2.98. The van der Waals surface area contributed by atoms with Gasteiger partial charge in [-0.3, -0.25) is 4.68 Å². The number of hydrogen-bond donors (Lipinski definition) is 1. The van der Waals surface area contributed by atoms with Crippen LogP contribution in [0.25, 0.3) is 0 Å². The SMILES string of the molecule is CCNC(Cc1ccn(C)n1)Cc1c(F)cccc1Cl. The van der Waals surface area contributed by atoms with Gasteiger partial charge in [-0.25, -0.2) is 4.39 Å². The highest BCUT2D eigenvalue weighted by molar-refractivity contribution is 6.31. The van der Waals surface area contributed by atoms with E-state index in [-0.39, 0.29) is 11.9 Å². The Kier molecular flexibility index (Phi) is 5.15. The van der Waals surface area contributed by atoms with Crippen LogP contribution in [0.4, 0.5) is 4.39 Å². The number of nitrogens with zero attached hydrogens (tertiary/aromatic N) is 2. The summed E-state index contributed by atoms with van der Waals surface area (Å²) in [6, 6.07) is 6.90. The lowest BCUT2D eigenvalue weighted by Gasteiger charge is -2.18. The molecule has 0 amide bonds. The van der Waals surface area contributed by atoms with Gasteiger partial charge >= 0.3 is 0 Å². The Morgan fingerprint density at radius 1 is 1.35 bits per heavy atom. The molecule has 0 aliphatic rings. The Hall–Kier alpha value is -1.39. The largest absolute Gasteiger partial charge is 0.314 e. The zero-order chi connectivity index (χ0) is 14.5. The highest BCUT2D eigenvalue weighted by Crippen LogP contribution is 2.21. The number of hydrogen-bond acceptors (Lipinski definition) is 2. The fourth-order valence-electron chi connectivity index (χ4n) is 2.30. The minimum Gasteiger partial charge on any atom is -0.314 e. The van der Waals surface area contributed by atoms with Crippen molar-refractivity contribution in [3.63, 3.8) is 0 Å². The van der Waals surface area contributed by atoms with Crippen LogP contribution >= 0.6 is 11.6 Å². The van der Waals surface area contributed by atoms with Crippen molar-refractivity contribution in [2.45, 2.75) is 25.8 Å². The van der Waals surface area contributed by atoms with E-state index in [1.54, 1.807) is 16.8 Å². The van der Waals surface area contributed by atoms with Crippen molar-refractivity contribution in [2.75, 3.05) is 6.54 Å². The smallest absolute Gasteiger partial charge is 0.127 e. The van der Waals surface area contributed by atoms with Crippen molar-refractivity contribution in [1.82, 2.24) is 15.1 Å². The number of benzene rings is 1. The van der Waals surface area contributed by atoms with Crippen molar-refractivity contribution in [2.24, 2.45) is 7.05 Å². The summed E-state index contributed by atoms with van der Waals surface area (Å²) in [6.07, 6.45) is 3.21. The third-order valence-electron chi connectivity index (χ3n) is 3.23. The molecule has 1 atom stereocenters. The van der Waals surface area contributed by atoms with Crippen molar-refractivity contribution in [1.29, 1.82) is 0 Å². The van der Waals surface area contributed by atoms with Gasteiger partial charge in [0.05, 0.1) is 5.69 Å². The molecule has 2 aromatic rings. The summed E-state index contributed by atoms with van der Waals surface area (Å²) in [7, 11) is 1.89. The minimum atomic E-state index is -0.249. The zero-order valence-corrected chi connectivity index (χ0v) is 12.5. The van der Waals surface area contributed by atoms with E-state index in [0.717, 1.165) is 18.7 Å². The van der Waals surface area contributed by atoms with E-state index in [0.29, 0.717) is 17.0 Å². The van der Waals surface area contributed by atoms with Gasteiger partial charge in [-0.05, 0) is 31.2 Å². The highest BCUT2D eigenvalue weighted by Gasteiger charge is 2.15. The first kappa shape index (κ1) is 15.0. The molecular weight excluding hydrogens is 277 g/mol. The number of aromatic nitrogens is 2. The van der Waals surface area contributed by atoms with Crippen LogP contribution in [-0.2, 0) is 19.9 Å². The lowest BCUT2D eigenvalue weighted by Crippen LogP contribution is -2.33. The molecule has 1 aromatic carbocycles. The lowest BCUT2D eigenvalue weighted by molar-refractivity contribution is 0.499. The Labute approximate surface area is 123 Å². The number of halogens is 2. The van der Waals surface area contributed by atoms with Gasteiger partial charge in [0.25, 0.3) is 0 Å². The fraction of sp³-hybridized carbons (Fsp3) is 0.400. The van der Waals surface area contributed by atoms with Crippen LogP contribution in [0.3, 0.4) is 0 Å². The van der Waals surface area contributed by atoms with Gasteiger partial charge in [0.2, 0.25) is 0 Å². The van der Waals surface area contributed by atoms with E-state index in [1.807, 2.05) is 26.2 Å². The lowest BCUT2D eigenvalue weighted by atomic mass is 10.0. The zero-order valence-electron chi connectivity index (χ0n) is 11.7. The number of nitrogens with one attached hydrogen (secondary N) is 1. The molecule has 108 valence electrons. The molecule has 0 aliphatic heterocycles. The van der Waals surface area contributed by atoms with Crippen LogP contribution in [0.1, 0.15) is 18.2 Å². The van der Waals surface area contributed by atoms with Gasteiger partial charge in [-0.2, -0.15) is 5.10 Å². The second kappa shape index (κ2) is 6.86. The van der Waals surface area contributed by atoms with Gasteiger partial charge in [0.1, 0.15) is 5.82 Å². The summed E-state index contributed by atoms with van der Waals surface area (Å²) < 4.78 is 15.6. The Morgan fingerprint density at radius 3 is 2.75 bits per heavy atom. The van der Waals surface area contributed by atoms with E-state index >= 15 is 0 Å². The Morgan fingerprint density at radius 2 is 2.15 bits per heavy atom. The van der Waals surface area contributed by atoms with Crippen molar-refractivity contribution in [3.05, 3.63) is 52.6 Å². The number of rotatable bonds is 6. The Balaban J connectivity index is 2.13. The van der Waals surface area contributed by atoms with Gasteiger partial charge in [0.15, 0.2) is 0 Å². The Bertz CT molecular complexity index is 548. The molecule has 0 saturated carbocycles. The monoisotopic (exact) mass is 295 g/mol. The summed E-state index contributed by atoms with van der Waals surface area (Å²) in [4.78, 5) is 0. The third-order valence-corrected chi connectivity index (χ3v) is 3.58. The molecule has 1 heterocycles. The molecule has 20 heavy (non-hydrogen) atoms. The van der Waals surface area contributed by atoms with E-state index < -0.39 is 0 Å². The van der Waals surface area contributed by atoms with Crippen LogP contribution in [0.2, 0.25) is 5.02 Å². The normalized spacial score (nSPS) is 12.6. The molecule has 0 spiro atoms. The molecule has 5 heteroatoms. The molecule has 1 aromatic heterocycles. The van der Waals surface area contributed by atoms with E-state index in [1.165, 1.54) is 6.07 Å². The van der Waals surface area contributed by atoms with Gasteiger partial charge in [0, 0.05) is 36.3 Å². The average Bonchev–Trinajstić information content (AvgIpc) is 2.80. The number of aryl methyl sites for hydroxylation is 1. The standard InChI is InChI=1S/C15H19ClFN3/c1-3-18-12(9-11-7-8-20(2)19-11)10-13-14(16)5-4-6-15(13)17/h4-8,12,18H,3,9-10H2,1-2H3. The maximum atomic E-state index is 13.9. The van der Waals surface area contributed by atoms with Gasteiger partial charge < -0.3 is 5.32 Å². The summed E-state index contributed by atoms with van der Waals surface area (Å²) in [6.45, 7) is 2.86. The molecule has 2 rings (SSSR count). The molecule has 0 radical (unpaired) electrons. The molecule has 0 fully saturated rings. The maximum absolute atomic E-state index is 13.9. The summed E-state index contributed by atoms with van der Waals surface area (Å²) >= 11 is 6.09. The summed E-state index contributed by atoms with van der Waals surface area (Å²) in [5.41, 5.74) is 1.56. The number of likely N-dealkylation sites (N-methyl/N-ethyl adjacent to an activating group) is 1. The van der Waals surface area contributed by atoms with E-state index in [2.05, 4.69) is 10.4 Å². The molecular formula is C15H19ClFN3. The summed E-state index contributed by atoms with van der Waals surface area (Å²) in [5.74, 6) is -0.249. The maximum Gasteiger partial charge on any atom is 0.127 e. The van der Waals surface area contributed by atoms with Crippen LogP contribution in [0.15, 0.2) is 30.5 Å². The van der Waals surface area contributed by atoms with Crippen LogP contribution in [-0.4, -0.2) is 22.4 Å². The van der Waals surface area contributed by atoms with Gasteiger partial charge in [-0.15, -0.1) is 0 Å². The first-order valence-corrected chi connectivity index (χ1v) is 7.12. The second-order valence-corrected chi connectivity index (χ2v) is 5.25. The molecule has 3 nitrogen and oxygen atoms in total. The van der Waals surface area contributed by atoms with E-state index in [9.17, 15) is 4.39 Å². The first-order chi connectivity index (χ1) is 9.60. The van der Waals surface area contributed by atoms with Crippen molar-refractivity contribution >= 4 is 11.6 Å². The van der Waals surface area contributed by atoms with Crippen LogP contribution in [0, 0.1) is 5.82 Å². The topological polar surface area (TPSA) is 29.9 Å². The van der Waals surface area contributed by atoms with Crippen molar-refractivity contribution in [3.8, 4) is 0 Å². The molecule has 0 bridgehead atoms. The minimum absolute atomic E-state index is 0.115. The predicted molar refractivity (Wildman–Crippen MR) is 79.5 cm³/mol. The molecule has 0 saturated heterocycles. The quantitative estimate of drug-likeness (QED) is 0.888. The van der Waals surface area contributed by atoms with Crippen LogP contribution < -0.4 is 5.32 Å². The average molecular weight is 296 g/mol. The molecule has 0 aliphatic carbocycles. The molecule has 1 unspecified atom stereocenters. The fourth-order valence-corrected chi connectivity index (χ4v) is 2.54. The first-order valence-electron chi connectivity index (χ1n) is 6.75. The second-order valence-electron chi connectivity index (χ2n) is 4.84. The third kappa shape index (κ3) is 3.81. The van der Waals surface area contributed by atoms with Crippen molar-refractivity contribution < 1.29 is 4.39 Å². The van der Waals surface area contributed by atoms with Crippen LogP contribution in [0.5, 0.6) is 0 Å².